The molecule has 5 rings (SSSR count). The fourth-order valence-corrected chi connectivity index (χ4v) is 4.46. The summed E-state index contributed by atoms with van der Waals surface area (Å²) in [5, 5.41) is 20.8. The molecule has 2 heterocycles. The number of aromatic nitrogens is 4. The summed E-state index contributed by atoms with van der Waals surface area (Å²) < 4.78 is 3.46. The molecule has 0 atom stereocenters. The minimum Gasteiger partial charge on any atom is -0.268 e. The van der Waals surface area contributed by atoms with Crippen molar-refractivity contribution in [2.24, 2.45) is 0 Å². The molecule has 0 saturated carbocycles. The van der Waals surface area contributed by atoms with Gasteiger partial charge in [-0.15, -0.1) is 10.2 Å². The second-order valence-electron chi connectivity index (χ2n) is 7.32. The number of nitro benzene ring substituents is 1. The quantitative estimate of drug-likeness (QED) is 0.225. The molecule has 158 valence electrons. The van der Waals surface area contributed by atoms with Gasteiger partial charge in [0.25, 0.3) is 11.2 Å². The number of nitrogens with zero attached hydrogens (tertiary/aromatic N) is 5. The van der Waals surface area contributed by atoms with E-state index in [1.165, 1.54) is 23.9 Å². The monoisotopic (exact) mass is 443 g/mol. The van der Waals surface area contributed by atoms with Gasteiger partial charge in [0, 0.05) is 17.9 Å². The summed E-state index contributed by atoms with van der Waals surface area (Å²) in [5.74, 6) is 0.986. The molecule has 0 aliphatic heterocycles. The highest BCUT2D eigenvalue weighted by Crippen LogP contribution is 2.26. The molecule has 3 aromatic carbocycles. The number of thioether (sulfide) groups is 1. The molecule has 0 amide bonds. The summed E-state index contributed by atoms with van der Waals surface area (Å²) in [5.41, 5.74) is 3.37. The maximum Gasteiger partial charge on any atom is 0.269 e. The van der Waals surface area contributed by atoms with Crippen LogP contribution in [-0.4, -0.2) is 24.1 Å². The average Bonchev–Trinajstić information content (AvgIpc) is 3.23. The zero-order chi connectivity index (χ0) is 22.2. The Hall–Kier alpha value is -3.98. The van der Waals surface area contributed by atoms with Crippen molar-refractivity contribution in [3.63, 3.8) is 0 Å². The molecule has 0 fully saturated rings. The lowest BCUT2D eigenvalue weighted by atomic mass is 10.2. The zero-order valence-corrected chi connectivity index (χ0v) is 17.8. The Morgan fingerprint density at radius 1 is 0.969 bits per heavy atom. The second-order valence-corrected chi connectivity index (χ2v) is 8.27. The Morgan fingerprint density at radius 2 is 1.69 bits per heavy atom. The number of fused-ring (bicyclic) bond motifs is 3. The van der Waals surface area contributed by atoms with Crippen LogP contribution in [0.3, 0.4) is 0 Å². The average molecular weight is 443 g/mol. The van der Waals surface area contributed by atoms with Gasteiger partial charge in [-0.2, -0.15) is 0 Å². The molecule has 0 radical (unpaired) electrons. The van der Waals surface area contributed by atoms with Crippen LogP contribution in [0, 0.1) is 17.0 Å². The van der Waals surface area contributed by atoms with E-state index >= 15 is 0 Å². The van der Waals surface area contributed by atoms with Crippen LogP contribution in [0.5, 0.6) is 0 Å². The highest BCUT2D eigenvalue weighted by Gasteiger charge is 2.18. The van der Waals surface area contributed by atoms with Gasteiger partial charge in [0.2, 0.25) is 5.78 Å². The molecular weight excluding hydrogens is 426 g/mol. The molecule has 0 aliphatic rings. The largest absolute Gasteiger partial charge is 0.269 e. The van der Waals surface area contributed by atoms with Crippen LogP contribution in [0.15, 0.2) is 82.7 Å². The first-order valence-electron chi connectivity index (χ1n) is 9.85. The number of benzene rings is 3. The number of nitro groups is 1. The summed E-state index contributed by atoms with van der Waals surface area (Å²) in [6, 6.07) is 21.5. The Balaban J connectivity index is 1.63. The number of hydrogen-bond donors (Lipinski definition) is 0. The van der Waals surface area contributed by atoms with E-state index in [1.807, 2.05) is 53.8 Å². The normalized spacial score (nSPS) is 11.3. The van der Waals surface area contributed by atoms with Gasteiger partial charge in [0.1, 0.15) is 0 Å². The molecule has 8 nitrogen and oxygen atoms in total. The van der Waals surface area contributed by atoms with Crippen LogP contribution in [0.4, 0.5) is 5.69 Å². The van der Waals surface area contributed by atoms with Gasteiger partial charge >= 0.3 is 0 Å². The Kier molecular flexibility index (Phi) is 4.95. The van der Waals surface area contributed by atoms with Crippen molar-refractivity contribution < 1.29 is 4.92 Å². The third-order valence-corrected chi connectivity index (χ3v) is 6.20. The summed E-state index contributed by atoms with van der Waals surface area (Å²) in [6.45, 7) is 1.99. The molecule has 5 aromatic rings. The van der Waals surface area contributed by atoms with Gasteiger partial charge in [0.05, 0.1) is 21.5 Å². The van der Waals surface area contributed by atoms with Crippen LogP contribution in [0.1, 0.15) is 11.1 Å². The van der Waals surface area contributed by atoms with Crippen LogP contribution >= 0.6 is 11.8 Å². The Labute approximate surface area is 186 Å². The first-order chi connectivity index (χ1) is 15.5. The summed E-state index contributed by atoms with van der Waals surface area (Å²) in [7, 11) is 0. The Bertz CT molecular complexity index is 1520. The zero-order valence-electron chi connectivity index (χ0n) is 17.0. The van der Waals surface area contributed by atoms with Gasteiger partial charge in [-0.05, 0) is 36.8 Å². The third kappa shape index (κ3) is 3.42. The highest BCUT2D eigenvalue weighted by atomic mass is 32.2. The smallest absolute Gasteiger partial charge is 0.268 e. The van der Waals surface area contributed by atoms with E-state index in [0.29, 0.717) is 22.1 Å². The lowest BCUT2D eigenvalue weighted by Crippen LogP contribution is -2.21. The number of non-ortho nitro benzene ring substituents is 1. The van der Waals surface area contributed by atoms with Crippen molar-refractivity contribution in [2.75, 3.05) is 0 Å². The van der Waals surface area contributed by atoms with E-state index in [0.717, 1.165) is 22.3 Å². The van der Waals surface area contributed by atoms with Crippen molar-refractivity contribution in [3.8, 4) is 5.69 Å². The van der Waals surface area contributed by atoms with E-state index in [4.69, 9.17) is 0 Å². The topological polar surface area (TPSA) is 95.3 Å². The van der Waals surface area contributed by atoms with E-state index in [2.05, 4.69) is 10.2 Å². The summed E-state index contributed by atoms with van der Waals surface area (Å²) in [6.07, 6.45) is 0. The predicted molar refractivity (Wildman–Crippen MR) is 123 cm³/mol. The Morgan fingerprint density at radius 3 is 2.41 bits per heavy atom. The lowest BCUT2D eigenvalue weighted by molar-refractivity contribution is -0.384. The van der Waals surface area contributed by atoms with Crippen LogP contribution in [0.25, 0.3) is 22.4 Å². The number of para-hydroxylation sites is 1. The SMILES string of the molecule is Cc1ccc(-n2c(=O)c3ccccc3n3c(SCc4ccc([N+](=O)[O-])cc4)nnc23)cc1. The van der Waals surface area contributed by atoms with Gasteiger partial charge in [-0.1, -0.05) is 53.7 Å². The standard InChI is InChI=1S/C23H17N5O3S/c1-15-6-10-17(11-7-15)26-21(29)19-4-2-3-5-20(19)27-22(26)24-25-23(27)32-14-16-8-12-18(13-9-16)28(30)31/h2-13H,14H2,1H3. The minimum atomic E-state index is -0.417. The molecule has 0 unspecified atom stereocenters. The van der Waals surface area contributed by atoms with Gasteiger partial charge in [-0.3, -0.25) is 19.3 Å². The first kappa shape index (κ1) is 20.0. The maximum absolute atomic E-state index is 13.3. The van der Waals surface area contributed by atoms with Crippen LogP contribution in [0.2, 0.25) is 0 Å². The summed E-state index contributed by atoms with van der Waals surface area (Å²) in [4.78, 5) is 23.8. The predicted octanol–water partition coefficient (Wildman–Crippen LogP) is 4.54. The van der Waals surface area contributed by atoms with Gasteiger partial charge < -0.3 is 0 Å². The molecule has 0 spiro atoms. The van der Waals surface area contributed by atoms with Crippen LogP contribution in [-0.2, 0) is 5.75 Å². The van der Waals surface area contributed by atoms with Gasteiger partial charge in [-0.25, -0.2) is 4.57 Å². The second kappa shape index (κ2) is 7.93. The lowest BCUT2D eigenvalue weighted by Gasteiger charge is -2.11. The molecule has 0 bridgehead atoms. The molecule has 0 N–H and O–H groups in total. The fourth-order valence-electron chi connectivity index (χ4n) is 3.56. The third-order valence-electron chi connectivity index (χ3n) is 5.20. The number of aryl methyl sites for hydroxylation is 1. The number of rotatable bonds is 5. The molecule has 9 heteroatoms. The van der Waals surface area contributed by atoms with Crippen molar-refractivity contribution in [3.05, 3.63) is 104 Å². The molecule has 2 aromatic heterocycles. The van der Waals surface area contributed by atoms with Crippen molar-refractivity contribution in [1.29, 1.82) is 0 Å². The molecule has 32 heavy (non-hydrogen) atoms. The van der Waals surface area contributed by atoms with Crippen molar-refractivity contribution in [1.82, 2.24) is 19.2 Å². The van der Waals surface area contributed by atoms with Crippen molar-refractivity contribution in [2.45, 2.75) is 17.8 Å². The molecular formula is C23H17N5O3S. The van der Waals surface area contributed by atoms with Crippen molar-refractivity contribution >= 4 is 34.1 Å². The van der Waals surface area contributed by atoms with Gasteiger partial charge in [0.15, 0.2) is 5.16 Å². The fraction of sp³-hybridized carbons (Fsp3) is 0.0870. The number of hydrogen-bond acceptors (Lipinski definition) is 6. The van der Waals surface area contributed by atoms with E-state index < -0.39 is 4.92 Å². The van der Waals surface area contributed by atoms with E-state index in [-0.39, 0.29) is 11.2 Å². The molecule has 0 aliphatic carbocycles. The highest BCUT2D eigenvalue weighted by molar-refractivity contribution is 7.98. The van der Waals surface area contributed by atoms with Crippen LogP contribution < -0.4 is 5.56 Å². The van der Waals surface area contributed by atoms with E-state index in [9.17, 15) is 14.9 Å². The minimum absolute atomic E-state index is 0.0554. The van der Waals surface area contributed by atoms with E-state index in [1.54, 1.807) is 22.8 Å². The molecule has 0 saturated heterocycles. The maximum atomic E-state index is 13.3. The first-order valence-corrected chi connectivity index (χ1v) is 10.8. The summed E-state index contributed by atoms with van der Waals surface area (Å²) >= 11 is 1.46.